The van der Waals surface area contributed by atoms with Gasteiger partial charge in [-0.25, -0.2) is 9.37 Å². The first-order chi connectivity index (χ1) is 32.8. The number of halogens is 1. The van der Waals surface area contributed by atoms with Gasteiger partial charge in [-0.1, -0.05) is 119 Å². The maximum atomic E-state index is 15.4. The highest BCUT2D eigenvalue weighted by Crippen LogP contribution is 2.51. The summed E-state index contributed by atoms with van der Waals surface area (Å²) in [5.41, 5.74) is 13.3. The zero-order chi connectivity index (χ0) is 45.6. The first-order valence-electron chi connectivity index (χ1n) is 23.1. The van der Waals surface area contributed by atoms with E-state index in [0.717, 1.165) is 67.3 Å². The molecule has 11 rings (SSSR count). The van der Waals surface area contributed by atoms with E-state index in [1.807, 2.05) is 48.7 Å². The first kappa shape index (κ1) is 41.5. The second-order valence-corrected chi connectivity index (χ2v) is 17.8. The number of aromatic nitrogens is 2. The van der Waals surface area contributed by atoms with Crippen LogP contribution in [0.5, 0.6) is 11.5 Å². The molecule has 0 fully saturated rings. The Morgan fingerprint density at radius 2 is 1.13 bits per heavy atom. The lowest BCUT2D eigenvalue weighted by Gasteiger charge is -2.31. The fourth-order valence-electron chi connectivity index (χ4n) is 9.75. The zero-order valence-corrected chi connectivity index (χ0v) is 38.0. The van der Waals surface area contributed by atoms with Crippen LogP contribution in [0.2, 0.25) is 0 Å². The number of nitrogens with zero attached hydrogens (tertiary/aromatic N) is 5. The fourth-order valence-corrected chi connectivity index (χ4v) is 9.75. The third-order valence-corrected chi connectivity index (χ3v) is 12.8. The van der Waals surface area contributed by atoms with E-state index in [-0.39, 0.29) is 17.7 Å². The van der Waals surface area contributed by atoms with Crippen molar-refractivity contribution in [3.63, 3.8) is 0 Å². The van der Waals surface area contributed by atoms with E-state index in [4.69, 9.17) is 9.72 Å². The molecule has 328 valence electrons. The highest BCUT2D eigenvalue weighted by molar-refractivity contribution is 6.09. The number of hydrogen-bond donors (Lipinski definition) is 0. The topological polar surface area (TPSA) is 36.8 Å². The molecule has 0 saturated carbocycles. The average Bonchev–Trinajstić information content (AvgIpc) is 3.91. The monoisotopic (exact) mass is 875 g/mol. The van der Waals surface area contributed by atoms with Crippen LogP contribution in [-0.2, 0) is 0 Å². The third kappa shape index (κ3) is 7.62. The van der Waals surface area contributed by atoms with E-state index in [1.54, 1.807) is 12.1 Å². The SMILES string of the molecule is CC(C)c1cc(-c2ccccc2F)cc(C(C)C)c1N1CN(c2cc(Oc3ccc4c5ccccc5n(-c5ccccn5)c4c3)cc(N(c3ccccc3)c3ccccc3)c2)c2ccccc21. The van der Waals surface area contributed by atoms with Crippen LogP contribution in [-0.4, -0.2) is 16.2 Å². The van der Waals surface area contributed by atoms with Gasteiger partial charge in [0.2, 0.25) is 0 Å². The van der Waals surface area contributed by atoms with Gasteiger partial charge >= 0.3 is 0 Å². The molecule has 0 bridgehead atoms. The van der Waals surface area contributed by atoms with Gasteiger partial charge in [0, 0.05) is 63.5 Å². The maximum Gasteiger partial charge on any atom is 0.137 e. The van der Waals surface area contributed by atoms with Crippen molar-refractivity contribution in [3.8, 4) is 28.4 Å². The Morgan fingerprint density at radius 1 is 0.522 bits per heavy atom. The van der Waals surface area contributed by atoms with Gasteiger partial charge in [-0.05, 0) is 120 Å². The van der Waals surface area contributed by atoms with E-state index in [9.17, 15) is 0 Å². The smallest absolute Gasteiger partial charge is 0.137 e. The van der Waals surface area contributed by atoms with Crippen LogP contribution >= 0.6 is 0 Å². The summed E-state index contributed by atoms with van der Waals surface area (Å²) in [6.45, 7) is 9.48. The van der Waals surface area contributed by atoms with Gasteiger partial charge in [-0.3, -0.25) is 4.57 Å². The molecule has 0 N–H and O–H groups in total. The molecule has 10 aromatic rings. The van der Waals surface area contributed by atoms with Crippen LogP contribution < -0.4 is 19.4 Å². The molecule has 67 heavy (non-hydrogen) atoms. The second-order valence-electron chi connectivity index (χ2n) is 17.8. The molecule has 0 atom stereocenters. The summed E-state index contributed by atoms with van der Waals surface area (Å²) in [6.07, 6.45) is 1.83. The lowest BCUT2D eigenvalue weighted by Crippen LogP contribution is -2.26. The van der Waals surface area contributed by atoms with E-state index in [2.05, 4.69) is 193 Å². The van der Waals surface area contributed by atoms with Crippen LogP contribution in [0.3, 0.4) is 0 Å². The molecule has 0 aliphatic carbocycles. The van der Waals surface area contributed by atoms with Crippen LogP contribution in [0.4, 0.5) is 44.2 Å². The molecule has 1 aliphatic rings. The van der Waals surface area contributed by atoms with Crippen LogP contribution in [0, 0.1) is 5.82 Å². The first-order valence-corrected chi connectivity index (χ1v) is 23.1. The van der Waals surface area contributed by atoms with Gasteiger partial charge in [-0.2, -0.15) is 0 Å². The molecule has 0 spiro atoms. The summed E-state index contributed by atoms with van der Waals surface area (Å²) >= 11 is 0. The largest absolute Gasteiger partial charge is 0.457 e. The summed E-state index contributed by atoms with van der Waals surface area (Å²) in [5, 5.41) is 2.28. The van der Waals surface area contributed by atoms with Crippen LogP contribution in [0.15, 0.2) is 206 Å². The van der Waals surface area contributed by atoms with Crippen molar-refractivity contribution in [1.29, 1.82) is 0 Å². The molecule has 8 aromatic carbocycles. The highest BCUT2D eigenvalue weighted by Gasteiger charge is 2.33. The Morgan fingerprint density at radius 3 is 1.81 bits per heavy atom. The summed E-state index contributed by atoms with van der Waals surface area (Å²) in [6, 6.07) is 68.5. The van der Waals surface area contributed by atoms with Crippen molar-refractivity contribution in [2.75, 3.05) is 21.4 Å². The number of ether oxygens (including phenoxy) is 1. The average molecular weight is 876 g/mol. The molecule has 0 radical (unpaired) electrons. The molecule has 2 aromatic heterocycles. The minimum atomic E-state index is -0.217. The van der Waals surface area contributed by atoms with Crippen LogP contribution in [0.25, 0.3) is 38.8 Å². The van der Waals surface area contributed by atoms with Crippen molar-refractivity contribution >= 4 is 61.6 Å². The summed E-state index contributed by atoms with van der Waals surface area (Å²) in [5.74, 6) is 2.37. The number of hydrogen-bond acceptors (Lipinski definition) is 5. The van der Waals surface area contributed by atoms with Gasteiger partial charge in [0.15, 0.2) is 0 Å². The summed E-state index contributed by atoms with van der Waals surface area (Å²) < 4.78 is 24.7. The minimum absolute atomic E-state index is 0.169. The van der Waals surface area contributed by atoms with Crippen molar-refractivity contribution in [2.24, 2.45) is 0 Å². The van der Waals surface area contributed by atoms with Gasteiger partial charge in [0.25, 0.3) is 0 Å². The molecule has 1 aliphatic heterocycles. The number of para-hydroxylation sites is 5. The molecular formula is C60H50FN5O. The molecular weight excluding hydrogens is 826 g/mol. The number of benzene rings is 8. The summed E-state index contributed by atoms with van der Waals surface area (Å²) in [4.78, 5) is 11.9. The number of fused-ring (bicyclic) bond motifs is 4. The quantitative estimate of drug-likeness (QED) is 0.129. The fraction of sp³-hybridized carbons (Fsp3) is 0.117. The number of pyridine rings is 1. The number of anilines is 7. The van der Waals surface area contributed by atoms with Crippen molar-refractivity contribution in [3.05, 3.63) is 223 Å². The van der Waals surface area contributed by atoms with Crippen molar-refractivity contribution in [2.45, 2.75) is 39.5 Å². The lowest BCUT2D eigenvalue weighted by atomic mass is 9.87. The molecule has 7 heteroatoms. The van der Waals surface area contributed by atoms with Gasteiger partial charge in [0.1, 0.15) is 29.8 Å². The second kappa shape index (κ2) is 17.3. The van der Waals surface area contributed by atoms with E-state index >= 15 is 4.39 Å². The molecule has 6 nitrogen and oxygen atoms in total. The van der Waals surface area contributed by atoms with Gasteiger partial charge < -0.3 is 19.4 Å². The third-order valence-electron chi connectivity index (χ3n) is 12.8. The van der Waals surface area contributed by atoms with Gasteiger partial charge in [0.05, 0.1) is 28.1 Å². The molecule has 0 saturated heterocycles. The summed E-state index contributed by atoms with van der Waals surface area (Å²) in [7, 11) is 0. The maximum absolute atomic E-state index is 15.4. The normalized spacial score (nSPS) is 12.4. The molecule has 3 heterocycles. The van der Waals surface area contributed by atoms with E-state index < -0.39 is 0 Å². The van der Waals surface area contributed by atoms with E-state index in [1.165, 1.54) is 16.8 Å². The Kier molecular flexibility index (Phi) is 10.7. The van der Waals surface area contributed by atoms with Crippen LogP contribution in [0.1, 0.15) is 50.7 Å². The zero-order valence-electron chi connectivity index (χ0n) is 38.0. The molecule has 0 amide bonds. The minimum Gasteiger partial charge on any atom is -0.457 e. The van der Waals surface area contributed by atoms with Gasteiger partial charge in [-0.15, -0.1) is 0 Å². The highest BCUT2D eigenvalue weighted by atomic mass is 19.1. The molecule has 0 unspecified atom stereocenters. The Hall–Kier alpha value is -8.16. The number of rotatable bonds is 11. The predicted molar refractivity (Wildman–Crippen MR) is 275 cm³/mol. The lowest BCUT2D eigenvalue weighted by molar-refractivity contribution is 0.483. The Balaban J connectivity index is 1.08. The Labute approximate surface area is 391 Å². The van der Waals surface area contributed by atoms with Crippen molar-refractivity contribution < 1.29 is 9.13 Å². The van der Waals surface area contributed by atoms with E-state index in [0.29, 0.717) is 23.7 Å². The van der Waals surface area contributed by atoms with Crippen molar-refractivity contribution in [1.82, 2.24) is 9.55 Å². The predicted octanol–water partition coefficient (Wildman–Crippen LogP) is 16.7. The Bertz CT molecular complexity index is 3340. The standard InChI is InChI=1S/C60H50FN5O/c1-40(2)52-33-42(49-23-11-13-25-54(49)61)34-53(41(3)4)60(52)64-39-63(56-27-15-16-28-57(56)64)45-35-46(65(43-19-7-5-8-20-43)44-21-9-6-10-22-44)37-48(36-45)67-47-30-31-51-50-24-12-14-26-55(50)66(58(51)38-47)59-29-17-18-32-62-59/h5-38,40-41H,39H2,1-4H3.